The van der Waals surface area contributed by atoms with Crippen LogP contribution >= 0.6 is 0 Å². The van der Waals surface area contributed by atoms with Gasteiger partial charge in [-0.3, -0.25) is 14.4 Å². The lowest BCUT2D eigenvalue weighted by Crippen LogP contribution is -2.48. The van der Waals surface area contributed by atoms with Gasteiger partial charge >= 0.3 is 0 Å². The molecule has 2 fully saturated rings. The normalized spacial score (nSPS) is 21.0. The van der Waals surface area contributed by atoms with Crippen molar-refractivity contribution < 1.29 is 18.8 Å². The Morgan fingerprint density at radius 3 is 2.39 bits per heavy atom. The molecule has 0 bridgehead atoms. The second-order valence-electron chi connectivity index (χ2n) is 10.6. The molecule has 1 aliphatic carbocycles. The number of benzene rings is 1. The number of amides is 2. The van der Waals surface area contributed by atoms with Gasteiger partial charge in [-0.15, -0.1) is 0 Å². The van der Waals surface area contributed by atoms with Crippen LogP contribution in [0.2, 0.25) is 0 Å². The molecule has 1 N–H and O–H groups in total. The van der Waals surface area contributed by atoms with Gasteiger partial charge in [-0.2, -0.15) is 0 Å². The summed E-state index contributed by atoms with van der Waals surface area (Å²) in [6.07, 6.45) is 7.03. The smallest absolute Gasteiger partial charge is 0.259 e. The molecule has 1 aromatic rings. The highest BCUT2D eigenvalue weighted by Crippen LogP contribution is 2.30. The van der Waals surface area contributed by atoms with Crippen molar-refractivity contribution in [3.8, 4) is 0 Å². The van der Waals surface area contributed by atoms with Crippen LogP contribution in [0.15, 0.2) is 24.3 Å². The van der Waals surface area contributed by atoms with Crippen molar-refractivity contribution in [3.63, 3.8) is 0 Å². The number of carbonyl (C=O) groups excluding carboxylic acids is 3. The van der Waals surface area contributed by atoms with E-state index in [0.717, 1.165) is 44.1 Å². The predicted molar refractivity (Wildman–Crippen MR) is 128 cm³/mol. The number of nitrogens with one attached hydrogen (secondary N) is 1. The van der Waals surface area contributed by atoms with Crippen molar-refractivity contribution in [2.75, 3.05) is 13.1 Å². The molecule has 3 rings (SSSR count). The Bertz CT molecular complexity index is 855. The predicted octanol–water partition coefficient (Wildman–Crippen LogP) is 5.04. The zero-order valence-corrected chi connectivity index (χ0v) is 20.5. The van der Waals surface area contributed by atoms with Crippen molar-refractivity contribution in [2.24, 2.45) is 11.8 Å². The van der Waals surface area contributed by atoms with Crippen LogP contribution in [-0.4, -0.2) is 47.3 Å². The minimum atomic E-state index is -1.89. The minimum Gasteiger partial charge on any atom is -0.342 e. The molecule has 0 radical (unpaired) electrons. The number of likely N-dealkylation sites (tertiary alicyclic amines) is 1. The van der Waals surface area contributed by atoms with E-state index in [0.29, 0.717) is 18.7 Å². The number of hydrogen-bond donors (Lipinski definition) is 1. The number of hydrogen-bond acceptors (Lipinski definition) is 3. The number of alkyl halides is 1. The third-order valence-electron chi connectivity index (χ3n) is 7.12. The van der Waals surface area contributed by atoms with Crippen LogP contribution in [0.1, 0.15) is 94.5 Å². The zero-order valence-electron chi connectivity index (χ0n) is 20.5. The average Bonchev–Trinajstić information content (AvgIpc) is 2.81. The monoisotopic (exact) mass is 458 g/mol. The molecular formula is C27H39FN2O3. The Kier molecular flexibility index (Phi) is 8.30. The number of Topliss-reactive ketones (excluding diaryl/α,β-unsaturated/α-hetero) is 1. The standard InChI is InChI=1S/C27H39FN2O3/c1-18(2)24(31)23(19-10-6-5-7-11-19)29-25(32)21-13-8-12-20(16-21)22-14-9-15-30(17-22)26(33)27(3,4)28/h8,12-13,16,18-19,22-23H,5-7,9-11,14-15,17H2,1-4H3,(H,29,32). The Hall–Kier alpha value is -2.24. The SMILES string of the molecule is CC(C)C(=O)C(NC(=O)c1cccc(C2CCCN(C(=O)C(C)(C)F)C2)c1)C1CCCCC1. The highest BCUT2D eigenvalue weighted by molar-refractivity contribution is 5.98. The van der Waals surface area contributed by atoms with Gasteiger partial charge in [0.2, 0.25) is 0 Å². The van der Waals surface area contributed by atoms with E-state index in [1.54, 1.807) is 11.0 Å². The summed E-state index contributed by atoms with van der Waals surface area (Å²) < 4.78 is 14.2. The number of halogens is 1. The fourth-order valence-electron chi connectivity index (χ4n) is 5.22. The first-order chi connectivity index (χ1) is 15.6. The Labute approximate surface area is 197 Å². The summed E-state index contributed by atoms with van der Waals surface area (Å²) in [5.74, 6) is -0.485. The van der Waals surface area contributed by atoms with Crippen molar-refractivity contribution in [3.05, 3.63) is 35.4 Å². The minimum absolute atomic E-state index is 0.0595. The summed E-state index contributed by atoms with van der Waals surface area (Å²) in [6.45, 7) is 7.38. The second-order valence-corrected chi connectivity index (χ2v) is 10.6. The van der Waals surface area contributed by atoms with E-state index in [2.05, 4.69) is 5.32 Å². The van der Waals surface area contributed by atoms with Crippen LogP contribution in [0.4, 0.5) is 4.39 Å². The Balaban J connectivity index is 1.74. The van der Waals surface area contributed by atoms with E-state index in [4.69, 9.17) is 0 Å². The third-order valence-corrected chi connectivity index (χ3v) is 7.12. The maximum atomic E-state index is 14.2. The first-order valence-electron chi connectivity index (χ1n) is 12.5. The van der Waals surface area contributed by atoms with Gasteiger partial charge in [0.15, 0.2) is 11.5 Å². The van der Waals surface area contributed by atoms with E-state index in [-0.39, 0.29) is 29.4 Å². The lowest BCUT2D eigenvalue weighted by atomic mass is 9.80. The summed E-state index contributed by atoms with van der Waals surface area (Å²) in [5.41, 5.74) is -0.388. The summed E-state index contributed by atoms with van der Waals surface area (Å²) in [5, 5.41) is 3.06. The van der Waals surface area contributed by atoms with Gasteiger partial charge in [-0.25, -0.2) is 4.39 Å². The maximum absolute atomic E-state index is 14.2. The molecule has 182 valence electrons. The summed E-state index contributed by atoms with van der Waals surface area (Å²) >= 11 is 0. The van der Waals surface area contributed by atoms with E-state index in [1.165, 1.54) is 20.3 Å². The second kappa shape index (κ2) is 10.8. The molecule has 2 atom stereocenters. The molecule has 0 spiro atoms. The van der Waals surface area contributed by atoms with Crippen LogP contribution in [-0.2, 0) is 9.59 Å². The molecule has 1 aliphatic heterocycles. The van der Waals surface area contributed by atoms with Gasteiger partial charge in [0.25, 0.3) is 11.8 Å². The largest absolute Gasteiger partial charge is 0.342 e. The van der Waals surface area contributed by atoms with E-state index >= 15 is 0 Å². The molecule has 2 aliphatic rings. The Morgan fingerprint density at radius 2 is 1.76 bits per heavy atom. The summed E-state index contributed by atoms with van der Waals surface area (Å²) in [7, 11) is 0. The quantitative estimate of drug-likeness (QED) is 0.622. The van der Waals surface area contributed by atoms with E-state index in [1.807, 2.05) is 32.0 Å². The molecule has 1 heterocycles. The number of piperidine rings is 1. The molecule has 6 heteroatoms. The maximum Gasteiger partial charge on any atom is 0.259 e. The summed E-state index contributed by atoms with van der Waals surface area (Å²) in [4.78, 5) is 40.1. The fraction of sp³-hybridized carbons (Fsp3) is 0.667. The molecule has 2 amide bonds. The highest BCUT2D eigenvalue weighted by atomic mass is 19.1. The van der Waals surface area contributed by atoms with Crippen molar-refractivity contribution >= 4 is 17.6 Å². The van der Waals surface area contributed by atoms with Crippen molar-refractivity contribution in [2.45, 2.75) is 90.3 Å². The van der Waals surface area contributed by atoms with Gasteiger partial charge in [0.05, 0.1) is 6.04 Å². The summed E-state index contributed by atoms with van der Waals surface area (Å²) in [6, 6.07) is 7.01. The van der Waals surface area contributed by atoms with E-state index < -0.39 is 17.6 Å². The fourth-order valence-corrected chi connectivity index (χ4v) is 5.22. The molecule has 5 nitrogen and oxygen atoms in total. The molecule has 2 unspecified atom stereocenters. The first kappa shape index (κ1) is 25.4. The number of nitrogens with zero attached hydrogens (tertiary/aromatic N) is 1. The highest BCUT2D eigenvalue weighted by Gasteiger charge is 2.35. The first-order valence-corrected chi connectivity index (χ1v) is 12.5. The lowest BCUT2D eigenvalue weighted by Gasteiger charge is -2.35. The topological polar surface area (TPSA) is 66.5 Å². The van der Waals surface area contributed by atoms with Gasteiger partial charge in [-0.1, -0.05) is 45.2 Å². The Morgan fingerprint density at radius 1 is 1.06 bits per heavy atom. The van der Waals surface area contributed by atoms with Crippen LogP contribution in [0.25, 0.3) is 0 Å². The van der Waals surface area contributed by atoms with Gasteiger partial charge in [0.1, 0.15) is 0 Å². The van der Waals surface area contributed by atoms with Gasteiger partial charge in [-0.05, 0) is 63.1 Å². The van der Waals surface area contributed by atoms with Crippen LogP contribution in [0.3, 0.4) is 0 Å². The van der Waals surface area contributed by atoms with Crippen LogP contribution in [0, 0.1) is 11.8 Å². The van der Waals surface area contributed by atoms with Crippen molar-refractivity contribution in [1.29, 1.82) is 0 Å². The van der Waals surface area contributed by atoms with Crippen LogP contribution < -0.4 is 5.32 Å². The van der Waals surface area contributed by atoms with E-state index in [9.17, 15) is 18.8 Å². The third kappa shape index (κ3) is 6.42. The van der Waals surface area contributed by atoms with Crippen molar-refractivity contribution in [1.82, 2.24) is 10.2 Å². The molecule has 1 saturated carbocycles. The lowest BCUT2D eigenvalue weighted by molar-refractivity contribution is -0.143. The number of ketones is 1. The molecule has 1 aromatic carbocycles. The molecule has 1 saturated heterocycles. The average molecular weight is 459 g/mol. The van der Waals surface area contributed by atoms with Crippen LogP contribution in [0.5, 0.6) is 0 Å². The number of rotatable bonds is 7. The zero-order chi connectivity index (χ0) is 24.2. The number of carbonyl (C=O) groups is 3. The van der Waals surface area contributed by atoms with Gasteiger partial charge < -0.3 is 10.2 Å². The molecule has 33 heavy (non-hydrogen) atoms. The molecule has 0 aromatic heterocycles. The van der Waals surface area contributed by atoms with Gasteiger partial charge in [0, 0.05) is 30.5 Å². The molecular weight excluding hydrogens is 419 g/mol.